The summed E-state index contributed by atoms with van der Waals surface area (Å²) in [6.07, 6.45) is 0. The first-order chi connectivity index (χ1) is 34.7. The number of nitrogens with zero attached hydrogens (tertiary/aromatic N) is 1. The van der Waals surface area contributed by atoms with E-state index in [0.29, 0.717) is 0 Å². The zero-order chi connectivity index (χ0) is 46.4. The van der Waals surface area contributed by atoms with Crippen LogP contribution in [-0.2, 0) is 0 Å². The van der Waals surface area contributed by atoms with Crippen molar-refractivity contribution in [2.75, 3.05) is 4.90 Å². The second kappa shape index (κ2) is 17.4. The Kier molecular flexibility index (Phi) is 10.2. The number of para-hydroxylation sites is 1. The van der Waals surface area contributed by atoms with Crippen molar-refractivity contribution in [3.63, 3.8) is 0 Å². The van der Waals surface area contributed by atoms with Gasteiger partial charge in [-0.25, -0.2) is 0 Å². The minimum atomic E-state index is 0.861. The van der Waals surface area contributed by atoms with Gasteiger partial charge in [0.05, 0.1) is 11.1 Å². The van der Waals surface area contributed by atoms with Gasteiger partial charge in [0.2, 0.25) is 0 Å². The molecule has 0 N–H and O–H groups in total. The lowest BCUT2D eigenvalue weighted by Crippen LogP contribution is -2.10. The summed E-state index contributed by atoms with van der Waals surface area (Å²) in [6, 6.07) is 98.5. The Bertz CT molecular complexity index is 4030. The van der Waals surface area contributed by atoms with Gasteiger partial charge in [-0.15, -0.1) is 0 Å². The predicted octanol–water partition coefficient (Wildman–Crippen LogP) is 19.4. The topological polar surface area (TPSA) is 16.4 Å². The lowest BCUT2D eigenvalue weighted by Gasteiger charge is -2.27. The van der Waals surface area contributed by atoms with Crippen LogP contribution < -0.4 is 4.90 Å². The Hall–Kier alpha value is -9.24. The van der Waals surface area contributed by atoms with Crippen molar-refractivity contribution in [1.29, 1.82) is 0 Å². The maximum Gasteiger partial charge on any atom is 0.145 e. The van der Waals surface area contributed by atoms with E-state index in [4.69, 9.17) is 4.42 Å². The fourth-order valence-electron chi connectivity index (χ4n) is 10.5. The smallest absolute Gasteiger partial charge is 0.145 e. The normalized spacial score (nSPS) is 11.4. The molecule has 0 aliphatic carbocycles. The third kappa shape index (κ3) is 7.31. The van der Waals surface area contributed by atoms with Gasteiger partial charge in [0.25, 0.3) is 0 Å². The predicted molar refractivity (Wildman–Crippen MR) is 296 cm³/mol. The minimum Gasteiger partial charge on any atom is -0.455 e. The van der Waals surface area contributed by atoms with E-state index in [0.717, 1.165) is 61.3 Å². The molecule has 0 saturated heterocycles. The lowest BCUT2D eigenvalue weighted by molar-refractivity contribution is 0.670. The number of hydrogen-bond donors (Lipinski definition) is 0. The molecule has 2 nitrogen and oxygen atoms in total. The van der Waals surface area contributed by atoms with Crippen LogP contribution in [0, 0.1) is 0 Å². The fraction of sp³-hybridized carbons (Fsp3) is 0. The molecule has 70 heavy (non-hydrogen) atoms. The molecule has 1 heterocycles. The van der Waals surface area contributed by atoms with Crippen LogP contribution in [-0.4, -0.2) is 0 Å². The molecular weight excluding hydrogens is 847 g/mol. The highest BCUT2D eigenvalue weighted by Gasteiger charge is 2.23. The molecule has 0 radical (unpaired) electrons. The Morgan fingerprint density at radius 2 is 0.729 bits per heavy atom. The van der Waals surface area contributed by atoms with Crippen LogP contribution in [0.1, 0.15) is 0 Å². The quantitative estimate of drug-likeness (QED) is 0.144. The van der Waals surface area contributed by atoms with Crippen LogP contribution in [0.15, 0.2) is 277 Å². The average Bonchev–Trinajstić information content (AvgIpc) is 3.84. The van der Waals surface area contributed by atoms with Crippen molar-refractivity contribution in [3.05, 3.63) is 273 Å². The summed E-state index contributed by atoms with van der Waals surface area (Å²) in [5, 5.41) is 7.14. The molecule has 0 bridgehead atoms. The molecule has 13 aromatic rings. The van der Waals surface area contributed by atoms with E-state index >= 15 is 0 Å². The summed E-state index contributed by atoms with van der Waals surface area (Å²) >= 11 is 0. The number of furan rings is 1. The van der Waals surface area contributed by atoms with Crippen molar-refractivity contribution in [2.24, 2.45) is 0 Å². The molecule has 0 aliphatic rings. The first-order valence-electron chi connectivity index (χ1n) is 24.0. The van der Waals surface area contributed by atoms with Crippen LogP contribution in [0.3, 0.4) is 0 Å². The largest absolute Gasteiger partial charge is 0.455 e. The monoisotopic (exact) mass is 891 g/mol. The lowest BCUT2D eigenvalue weighted by atomic mass is 9.88. The highest BCUT2D eigenvalue weighted by Crippen LogP contribution is 2.47. The van der Waals surface area contributed by atoms with Gasteiger partial charge in [0.15, 0.2) is 0 Å². The number of benzene rings is 12. The van der Waals surface area contributed by atoms with Gasteiger partial charge >= 0.3 is 0 Å². The third-order valence-corrected chi connectivity index (χ3v) is 13.9. The molecule has 0 amide bonds. The van der Waals surface area contributed by atoms with Crippen LogP contribution in [0.5, 0.6) is 0 Å². The van der Waals surface area contributed by atoms with E-state index in [1.54, 1.807) is 0 Å². The van der Waals surface area contributed by atoms with Crippen LogP contribution in [0.2, 0.25) is 0 Å². The van der Waals surface area contributed by atoms with Gasteiger partial charge in [-0.05, 0) is 131 Å². The second-order valence-electron chi connectivity index (χ2n) is 18.0. The first kappa shape index (κ1) is 41.0. The van der Waals surface area contributed by atoms with Crippen molar-refractivity contribution in [2.45, 2.75) is 0 Å². The maximum absolute atomic E-state index is 6.81. The molecule has 0 saturated carbocycles. The SMILES string of the molecule is c1ccc(-c2ccc(N(c3ccc(-c4ccc(-c5ccc6ccccc6c5)cc4)cc3)c3ccc(-c4ccccc4-c4ccccc4-c4cccc5ccccc45)cc3)c3c2oc2ccccc23)cc1. The number of hydrogen-bond acceptors (Lipinski definition) is 2. The maximum atomic E-state index is 6.81. The standard InChI is InChI=1S/C68H45NO/c1-2-16-51(17-3-1)59-43-44-65(67-64-26-12-13-28-66(64)70-68(59)67)69(55-39-35-48(36-40-55)47-29-31-49(32-30-47)54-34-33-46-15-4-5-19-53(46)45-54)56-41-37-52(38-42-56)58-22-8-9-23-60(58)62-24-10-11-25-63(62)61-27-14-20-50-18-6-7-21-57(50)61/h1-45H. The summed E-state index contributed by atoms with van der Waals surface area (Å²) in [7, 11) is 0. The molecule has 0 unspecified atom stereocenters. The van der Waals surface area contributed by atoms with Crippen molar-refractivity contribution < 1.29 is 4.42 Å². The average molecular weight is 892 g/mol. The van der Waals surface area contributed by atoms with Crippen molar-refractivity contribution in [3.8, 4) is 66.8 Å². The molecule has 2 heteroatoms. The third-order valence-electron chi connectivity index (χ3n) is 13.9. The van der Waals surface area contributed by atoms with E-state index in [9.17, 15) is 0 Å². The van der Waals surface area contributed by atoms with Crippen LogP contribution in [0.25, 0.3) is 110 Å². The van der Waals surface area contributed by atoms with Gasteiger partial charge in [-0.3, -0.25) is 0 Å². The highest BCUT2D eigenvalue weighted by atomic mass is 16.3. The van der Waals surface area contributed by atoms with Crippen LogP contribution >= 0.6 is 0 Å². The molecule has 13 rings (SSSR count). The minimum absolute atomic E-state index is 0.861. The van der Waals surface area contributed by atoms with Crippen molar-refractivity contribution in [1.82, 2.24) is 0 Å². The fourth-order valence-corrected chi connectivity index (χ4v) is 10.5. The Labute approximate surface area is 407 Å². The molecule has 0 aliphatic heterocycles. The zero-order valence-electron chi connectivity index (χ0n) is 38.3. The van der Waals surface area contributed by atoms with Gasteiger partial charge in [-0.1, -0.05) is 224 Å². The van der Waals surface area contributed by atoms with E-state index in [2.05, 4.69) is 278 Å². The number of fused-ring (bicyclic) bond motifs is 5. The van der Waals surface area contributed by atoms with E-state index < -0.39 is 0 Å². The summed E-state index contributed by atoms with van der Waals surface area (Å²) in [6.45, 7) is 0. The van der Waals surface area contributed by atoms with Gasteiger partial charge in [0, 0.05) is 22.3 Å². The zero-order valence-corrected chi connectivity index (χ0v) is 38.3. The summed E-state index contributed by atoms with van der Waals surface area (Å²) in [4.78, 5) is 2.39. The van der Waals surface area contributed by atoms with E-state index in [-0.39, 0.29) is 0 Å². The Morgan fingerprint density at radius 3 is 1.44 bits per heavy atom. The summed E-state index contributed by atoms with van der Waals surface area (Å²) in [5.74, 6) is 0. The van der Waals surface area contributed by atoms with E-state index in [1.165, 1.54) is 66.1 Å². The molecule has 12 aromatic carbocycles. The van der Waals surface area contributed by atoms with Gasteiger partial charge in [-0.2, -0.15) is 0 Å². The Morgan fingerprint density at radius 1 is 0.257 bits per heavy atom. The number of anilines is 3. The summed E-state index contributed by atoms with van der Waals surface area (Å²) in [5.41, 5.74) is 19.0. The molecule has 0 atom stereocenters. The second-order valence-corrected chi connectivity index (χ2v) is 18.0. The molecular formula is C68H45NO. The Balaban J connectivity index is 0.919. The number of rotatable bonds is 9. The molecule has 0 fully saturated rings. The molecule has 1 aromatic heterocycles. The van der Waals surface area contributed by atoms with Gasteiger partial charge in [0.1, 0.15) is 11.2 Å². The van der Waals surface area contributed by atoms with Crippen LogP contribution in [0.4, 0.5) is 17.1 Å². The molecule has 328 valence electrons. The van der Waals surface area contributed by atoms with Gasteiger partial charge < -0.3 is 9.32 Å². The van der Waals surface area contributed by atoms with E-state index in [1.807, 2.05) is 0 Å². The first-order valence-corrected chi connectivity index (χ1v) is 24.0. The van der Waals surface area contributed by atoms with Crippen molar-refractivity contribution >= 4 is 60.5 Å². The molecule has 0 spiro atoms. The summed E-state index contributed by atoms with van der Waals surface area (Å²) < 4.78 is 6.81. The highest BCUT2D eigenvalue weighted by molar-refractivity contribution is 6.17.